The highest BCUT2D eigenvalue weighted by atomic mass is 16.5. The first-order valence-electron chi connectivity index (χ1n) is 10.7. The van der Waals surface area contributed by atoms with E-state index >= 15 is 0 Å². The zero-order valence-electron chi connectivity index (χ0n) is 19.0. The summed E-state index contributed by atoms with van der Waals surface area (Å²) in [5.41, 5.74) is 4.67. The molecule has 0 saturated heterocycles. The van der Waals surface area contributed by atoms with Gasteiger partial charge in [-0.2, -0.15) is 0 Å². The van der Waals surface area contributed by atoms with Gasteiger partial charge in [0.05, 0.1) is 32.7 Å². The van der Waals surface area contributed by atoms with Crippen LogP contribution >= 0.6 is 0 Å². The molecule has 168 valence electrons. The lowest BCUT2D eigenvalue weighted by Crippen LogP contribution is -2.12. The Morgan fingerprint density at radius 2 is 1.67 bits per heavy atom. The van der Waals surface area contributed by atoms with Crippen LogP contribution in [0.2, 0.25) is 0 Å². The molecule has 1 aliphatic heterocycles. The van der Waals surface area contributed by atoms with Gasteiger partial charge in [0.1, 0.15) is 0 Å². The molecule has 4 rings (SSSR count). The smallest absolute Gasteiger partial charge is 0.203 e. The van der Waals surface area contributed by atoms with Gasteiger partial charge in [-0.15, -0.1) is 0 Å². The van der Waals surface area contributed by atoms with Gasteiger partial charge < -0.3 is 14.2 Å². The van der Waals surface area contributed by atoms with Crippen molar-refractivity contribution >= 4 is 11.5 Å². The molecular formula is C27H26N2O4. The second kappa shape index (κ2) is 10.1. The Kier molecular flexibility index (Phi) is 6.83. The minimum absolute atomic E-state index is 0.154. The number of ketones is 1. The maximum Gasteiger partial charge on any atom is 0.203 e. The quantitative estimate of drug-likeness (QED) is 0.444. The molecule has 0 saturated carbocycles. The van der Waals surface area contributed by atoms with Gasteiger partial charge in [0, 0.05) is 35.5 Å². The molecule has 2 aromatic carbocycles. The second-order valence-corrected chi connectivity index (χ2v) is 7.61. The summed E-state index contributed by atoms with van der Waals surface area (Å²) in [5.74, 6) is 1.15. The summed E-state index contributed by atoms with van der Waals surface area (Å²) in [6.07, 6.45) is 7.71. The normalized spacial score (nSPS) is 12.4. The number of aliphatic imine (C=N–C) groups is 1. The van der Waals surface area contributed by atoms with Crippen LogP contribution in [0.4, 0.5) is 0 Å². The predicted molar refractivity (Wildman–Crippen MR) is 128 cm³/mol. The van der Waals surface area contributed by atoms with Crippen molar-refractivity contribution in [2.75, 3.05) is 21.3 Å². The van der Waals surface area contributed by atoms with E-state index in [9.17, 15) is 4.79 Å². The summed E-state index contributed by atoms with van der Waals surface area (Å²) in [6, 6.07) is 15.4. The molecule has 3 aromatic rings. The number of hydrogen-bond acceptors (Lipinski definition) is 6. The molecule has 1 aromatic heterocycles. The van der Waals surface area contributed by atoms with Crippen molar-refractivity contribution in [3.8, 4) is 17.2 Å². The Hall–Kier alpha value is -3.93. The number of aromatic nitrogens is 1. The van der Waals surface area contributed by atoms with Crippen LogP contribution in [0.15, 0.2) is 72.0 Å². The van der Waals surface area contributed by atoms with E-state index < -0.39 is 0 Å². The second-order valence-electron chi connectivity index (χ2n) is 7.61. The first-order valence-corrected chi connectivity index (χ1v) is 10.7. The van der Waals surface area contributed by atoms with Crippen LogP contribution in [0, 0.1) is 0 Å². The van der Waals surface area contributed by atoms with Crippen LogP contribution in [-0.2, 0) is 12.8 Å². The Morgan fingerprint density at radius 1 is 0.939 bits per heavy atom. The summed E-state index contributed by atoms with van der Waals surface area (Å²) < 4.78 is 16.3. The van der Waals surface area contributed by atoms with Crippen molar-refractivity contribution in [2.24, 2.45) is 4.99 Å². The van der Waals surface area contributed by atoms with Crippen LogP contribution in [0.3, 0.4) is 0 Å². The molecule has 0 N–H and O–H groups in total. The molecule has 0 unspecified atom stereocenters. The minimum atomic E-state index is -0.154. The molecule has 0 aliphatic carbocycles. The predicted octanol–water partition coefficient (Wildman–Crippen LogP) is 4.83. The standard InChI is InChI=1S/C27H26N2O4/c1-31-24-15-19(16-25(32-2)27(24)33-3)26(30)21-14-20(22-10-7-13-28-22)17-29-23(21)12-11-18-8-5-4-6-9-18/h4-9,13-17H,10-12H2,1-3H3. The van der Waals surface area contributed by atoms with Crippen molar-refractivity contribution < 1.29 is 19.0 Å². The molecule has 0 bridgehead atoms. The largest absolute Gasteiger partial charge is 0.493 e. The van der Waals surface area contributed by atoms with Crippen LogP contribution in [0.25, 0.3) is 0 Å². The number of rotatable bonds is 9. The van der Waals surface area contributed by atoms with Gasteiger partial charge in [0.25, 0.3) is 0 Å². The van der Waals surface area contributed by atoms with Gasteiger partial charge in [-0.05, 0) is 36.6 Å². The summed E-state index contributed by atoms with van der Waals surface area (Å²) in [4.78, 5) is 22.8. The van der Waals surface area contributed by atoms with E-state index in [4.69, 9.17) is 14.2 Å². The molecule has 2 heterocycles. The zero-order chi connectivity index (χ0) is 23.2. The van der Waals surface area contributed by atoms with E-state index in [1.165, 1.54) is 26.9 Å². The number of ether oxygens (including phenoxy) is 3. The summed E-state index contributed by atoms with van der Waals surface area (Å²) >= 11 is 0. The molecule has 0 spiro atoms. The van der Waals surface area contributed by atoms with Gasteiger partial charge >= 0.3 is 0 Å². The summed E-state index contributed by atoms with van der Waals surface area (Å²) in [5, 5.41) is 0. The van der Waals surface area contributed by atoms with E-state index in [1.807, 2.05) is 30.3 Å². The molecule has 6 heteroatoms. The maximum absolute atomic E-state index is 13.7. The number of carbonyl (C=O) groups is 1. The average molecular weight is 443 g/mol. The number of nitrogens with zero attached hydrogens (tertiary/aromatic N) is 2. The van der Waals surface area contributed by atoms with E-state index in [2.05, 4.69) is 22.1 Å². The topological polar surface area (TPSA) is 70.0 Å². The monoisotopic (exact) mass is 442 g/mol. The molecule has 0 amide bonds. The SMILES string of the molecule is COc1cc(C(=O)c2cc(C3=NC=CC3)cnc2CCc2ccccc2)cc(OC)c1OC. The lowest BCUT2D eigenvalue weighted by molar-refractivity contribution is 0.103. The Labute approximate surface area is 193 Å². The highest BCUT2D eigenvalue weighted by Crippen LogP contribution is 2.39. The molecule has 6 nitrogen and oxygen atoms in total. The third-order valence-electron chi connectivity index (χ3n) is 5.62. The summed E-state index contributed by atoms with van der Waals surface area (Å²) in [7, 11) is 4.60. The van der Waals surface area contributed by atoms with Crippen molar-refractivity contribution in [2.45, 2.75) is 19.3 Å². The van der Waals surface area contributed by atoms with E-state index in [-0.39, 0.29) is 5.78 Å². The van der Waals surface area contributed by atoms with E-state index in [0.717, 1.165) is 29.8 Å². The maximum atomic E-state index is 13.7. The molecular weight excluding hydrogens is 416 g/mol. The van der Waals surface area contributed by atoms with Gasteiger partial charge in [-0.25, -0.2) is 0 Å². The Balaban J connectivity index is 1.74. The van der Waals surface area contributed by atoms with Crippen molar-refractivity contribution in [3.63, 3.8) is 0 Å². The molecule has 0 fully saturated rings. The highest BCUT2D eigenvalue weighted by molar-refractivity contribution is 6.12. The van der Waals surface area contributed by atoms with Crippen molar-refractivity contribution in [3.05, 3.63) is 95.0 Å². The summed E-state index contributed by atoms with van der Waals surface area (Å²) in [6.45, 7) is 0. The zero-order valence-corrected chi connectivity index (χ0v) is 19.0. The fourth-order valence-electron chi connectivity index (χ4n) is 3.87. The lowest BCUT2D eigenvalue weighted by Gasteiger charge is -2.15. The van der Waals surface area contributed by atoms with Gasteiger partial charge in [0.15, 0.2) is 17.3 Å². The fraction of sp³-hybridized carbons (Fsp3) is 0.222. The van der Waals surface area contributed by atoms with Crippen molar-refractivity contribution in [1.29, 1.82) is 0 Å². The van der Waals surface area contributed by atoms with Gasteiger partial charge in [-0.1, -0.05) is 36.4 Å². The highest BCUT2D eigenvalue weighted by Gasteiger charge is 2.22. The number of aryl methyl sites for hydroxylation is 2. The Bertz CT molecular complexity index is 1190. The molecule has 33 heavy (non-hydrogen) atoms. The third kappa shape index (κ3) is 4.80. The van der Waals surface area contributed by atoms with Gasteiger partial charge in [0.2, 0.25) is 5.75 Å². The number of allylic oxidation sites excluding steroid dienone is 1. The molecule has 0 atom stereocenters. The molecule has 1 aliphatic rings. The van der Waals surface area contributed by atoms with Crippen molar-refractivity contribution in [1.82, 2.24) is 4.98 Å². The number of carbonyl (C=O) groups excluding carboxylic acids is 1. The third-order valence-corrected chi connectivity index (χ3v) is 5.62. The van der Waals surface area contributed by atoms with E-state index in [1.54, 1.807) is 24.5 Å². The Morgan fingerprint density at radius 3 is 2.27 bits per heavy atom. The van der Waals surface area contributed by atoms with Crippen LogP contribution in [-0.4, -0.2) is 37.8 Å². The minimum Gasteiger partial charge on any atom is -0.493 e. The first kappa shape index (κ1) is 22.3. The first-order chi connectivity index (χ1) is 16.1. The van der Waals surface area contributed by atoms with Gasteiger partial charge in [-0.3, -0.25) is 14.8 Å². The number of methoxy groups -OCH3 is 3. The number of hydrogen-bond donors (Lipinski definition) is 0. The lowest BCUT2D eigenvalue weighted by atomic mass is 9.95. The van der Waals surface area contributed by atoms with Crippen LogP contribution in [0.5, 0.6) is 17.2 Å². The van der Waals surface area contributed by atoms with Crippen LogP contribution < -0.4 is 14.2 Å². The number of pyridine rings is 1. The van der Waals surface area contributed by atoms with Crippen LogP contribution in [0.1, 0.15) is 39.2 Å². The number of benzene rings is 2. The molecule has 0 radical (unpaired) electrons. The fourth-order valence-corrected chi connectivity index (χ4v) is 3.87. The average Bonchev–Trinajstić information content (AvgIpc) is 3.41. The van der Waals surface area contributed by atoms with E-state index in [0.29, 0.717) is 34.8 Å².